The van der Waals surface area contributed by atoms with E-state index in [1.807, 2.05) is 18.7 Å². The van der Waals surface area contributed by atoms with Crippen LogP contribution in [-0.2, 0) is 20.7 Å². The summed E-state index contributed by atoms with van der Waals surface area (Å²) in [6, 6.07) is 0. The van der Waals surface area contributed by atoms with Crippen molar-refractivity contribution in [2.75, 3.05) is 26.2 Å². The predicted molar refractivity (Wildman–Crippen MR) is 95.6 cm³/mol. The number of piperidine rings is 1. The summed E-state index contributed by atoms with van der Waals surface area (Å²) in [6.45, 7) is 6.49. The molecule has 0 bridgehead atoms. The van der Waals surface area contributed by atoms with Crippen LogP contribution in [0, 0.1) is 19.8 Å². The normalized spacial score (nSPS) is 21.2. The molecule has 2 saturated heterocycles. The van der Waals surface area contributed by atoms with Gasteiger partial charge in [0.2, 0.25) is 5.91 Å². The molecule has 3 heterocycles. The van der Waals surface area contributed by atoms with E-state index in [0.717, 1.165) is 55.5 Å². The molecule has 1 aromatic heterocycles. The molecule has 1 aromatic rings. The number of rotatable bonds is 6. The van der Waals surface area contributed by atoms with Crippen molar-refractivity contribution in [3.05, 3.63) is 17.0 Å². The number of amides is 2. The monoisotopic (exact) mass is 363 g/mol. The van der Waals surface area contributed by atoms with E-state index in [4.69, 9.17) is 9.26 Å². The molecular weight excluding hydrogens is 334 g/mol. The predicted octanol–water partition coefficient (Wildman–Crippen LogP) is 1.76. The Morgan fingerprint density at radius 3 is 2.62 bits per heavy atom. The molecule has 1 N–H and O–H groups in total. The van der Waals surface area contributed by atoms with Crippen molar-refractivity contribution in [2.24, 2.45) is 5.92 Å². The largest absolute Gasteiger partial charge is 0.368 e. The van der Waals surface area contributed by atoms with E-state index >= 15 is 0 Å². The third-order valence-electron chi connectivity index (χ3n) is 5.47. The Kier molecular flexibility index (Phi) is 6.29. The summed E-state index contributed by atoms with van der Waals surface area (Å²) < 4.78 is 10.6. The Labute approximate surface area is 154 Å². The van der Waals surface area contributed by atoms with Gasteiger partial charge in [0, 0.05) is 37.7 Å². The average Bonchev–Trinajstić information content (AvgIpc) is 3.29. The van der Waals surface area contributed by atoms with E-state index in [1.54, 1.807) is 0 Å². The van der Waals surface area contributed by atoms with Gasteiger partial charge in [-0.2, -0.15) is 0 Å². The average molecular weight is 363 g/mol. The number of likely N-dealkylation sites (tertiary alicyclic amines) is 1. The zero-order chi connectivity index (χ0) is 18.5. The molecule has 7 nitrogen and oxygen atoms in total. The van der Waals surface area contributed by atoms with Crippen LogP contribution < -0.4 is 5.32 Å². The first-order valence-corrected chi connectivity index (χ1v) is 9.66. The van der Waals surface area contributed by atoms with Gasteiger partial charge in [-0.05, 0) is 52.4 Å². The van der Waals surface area contributed by atoms with E-state index in [-0.39, 0.29) is 23.8 Å². The summed E-state index contributed by atoms with van der Waals surface area (Å²) in [7, 11) is 0. The molecular formula is C19H29N3O4. The minimum Gasteiger partial charge on any atom is -0.368 e. The van der Waals surface area contributed by atoms with Crippen molar-refractivity contribution >= 4 is 11.8 Å². The molecule has 2 aliphatic rings. The lowest BCUT2D eigenvalue weighted by molar-refractivity contribution is -0.143. The van der Waals surface area contributed by atoms with Crippen molar-refractivity contribution in [2.45, 2.75) is 58.5 Å². The summed E-state index contributed by atoms with van der Waals surface area (Å²) in [5.41, 5.74) is 2.07. The number of aryl methyl sites for hydroxylation is 2. The molecule has 2 amide bonds. The molecule has 0 aliphatic carbocycles. The standard InChI is InChI=1S/C19H29N3O4/c1-13-16(14(2)26-21-13)5-3-9-20-18(23)15-7-10-22(11-8-15)19(24)17-6-4-12-25-17/h15,17H,3-12H2,1-2H3,(H,20,23)/t17-/m1/s1. The van der Waals surface area contributed by atoms with Crippen LogP contribution in [0.15, 0.2) is 4.52 Å². The fraction of sp³-hybridized carbons (Fsp3) is 0.737. The lowest BCUT2D eigenvalue weighted by Gasteiger charge is -2.32. The number of ether oxygens (including phenoxy) is 1. The van der Waals surface area contributed by atoms with Crippen LogP contribution in [0.2, 0.25) is 0 Å². The van der Waals surface area contributed by atoms with Gasteiger partial charge >= 0.3 is 0 Å². The Morgan fingerprint density at radius 2 is 2.00 bits per heavy atom. The van der Waals surface area contributed by atoms with Crippen LogP contribution >= 0.6 is 0 Å². The lowest BCUT2D eigenvalue weighted by Crippen LogP contribution is -2.46. The first-order valence-electron chi connectivity index (χ1n) is 9.66. The van der Waals surface area contributed by atoms with Gasteiger partial charge in [0.05, 0.1) is 5.69 Å². The van der Waals surface area contributed by atoms with Crippen LogP contribution in [0.5, 0.6) is 0 Å². The highest BCUT2D eigenvalue weighted by molar-refractivity contribution is 5.82. The molecule has 26 heavy (non-hydrogen) atoms. The van der Waals surface area contributed by atoms with Crippen LogP contribution in [0.4, 0.5) is 0 Å². The third kappa shape index (κ3) is 4.44. The van der Waals surface area contributed by atoms with Crippen molar-refractivity contribution in [3.63, 3.8) is 0 Å². The van der Waals surface area contributed by atoms with Crippen LogP contribution in [-0.4, -0.2) is 54.2 Å². The summed E-state index contributed by atoms with van der Waals surface area (Å²) in [5.74, 6) is 1.06. The van der Waals surface area contributed by atoms with Crippen molar-refractivity contribution < 1.29 is 18.8 Å². The fourth-order valence-corrected chi connectivity index (χ4v) is 3.82. The number of aromatic nitrogens is 1. The summed E-state index contributed by atoms with van der Waals surface area (Å²) in [4.78, 5) is 26.6. The SMILES string of the molecule is Cc1noc(C)c1CCCNC(=O)C1CCN(C(=O)[C@H]2CCCO2)CC1. The topological polar surface area (TPSA) is 84.7 Å². The summed E-state index contributed by atoms with van der Waals surface area (Å²) >= 11 is 0. The highest BCUT2D eigenvalue weighted by atomic mass is 16.5. The molecule has 7 heteroatoms. The highest BCUT2D eigenvalue weighted by Crippen LogP contribution is 2.21. The highest BCUT2D eigenvalue weighted by Gasteiger charge is 2.32. The zero-order valence-corrected chi connectivity index (χ0v) is 15.8. The summed E-state index contributed by atoms with van der Waals surface area (Å²) in [5, 5.41) is 6.98. The second-order valence-corrected chi connectivity index (χ2v) is 7.30. The van der Waals surface area contributed by atoms with Gasteiger partial charge in [0.1, 0.15) is 11.9 Å². The van der Waals surface area contributed by atoms with Gasteiger partial charge in [0.25, 0.3) is 5.91 Å². The quantitative estimate of drug-likeness (QED) is 0.779. The van der Waals surface area contributed by atoms with Crippen molar-refractivity contribution in [3.8, 4) is 0 Å². The molecule has 0 radical (unpaired) electrons. The molecule has 2 fully saturated rings. The van der Waals surface area contributed by atoms with E-state index in [2.05, 4.69) is 10.5 Å². The molecule has 0 aromatic carbocycles. The fourth-order valence-electron chi connectivity index (χ4n) is 3.82. The number of hydrogen-bond donors (Lipinski definition) is 1. The van der Waals surface area contributed by atoms with Crippen LogP contribution in [0.3, 0.4) is 0 Å². The first kappa shape index (κ1) is 18.9. The Morgan fingerprint density at radius 1 is 1.23 bits per heavy atom. The summed E-state index contributed by atoms with van der Waals surface area (Å²) in [6.07, 6.45) is 4.71. The Bertz CT molecular complexity index is 609. The van der Waals surface area contributed by atoms with E-state index in [9.17, 15) is 9.59 Å². The van der Waals surface area contributed by atoms with E-state index in [0.29, 0.717) is 26.2 Å². The number of carbonyl (C=O) groups excluding carboxylic acids is 2. The van der Waals surface area contributed by atoms with Gasteiger partial charge < -0.3 is 19.5 Å². The second-order valence-electron chi connectivity index (χ2n) is 7.30. The van der Waals surface area contributed by atoms with Gasteiger partial charge in [0.15, 0.2) is 0 Å². The number of nitrogens with zero attached hydrogens (tertiary/aromatic N) is 2. The van der Waals surface area contributed by atoms with E-state index in [1.165, 1.54) is 0 Å². The zero-order valence-electron chi connectivity index (χ0n) is 15.8. The molecule has 0 unspecified atom stereocenters. The minimum atomic E-state index is -0.260. The molecule has 0 spiro atoms. The number of nitrogens with one attached hydrogen (secondary N) is 1. The first-order chi connectivity index (χ1) is 12.6. The van der Waals surface area contributed by atoms with Gasteiger partial charge in [-0.3, -0.25) is 9.59 Å². The maximum atomic E-state index is 12.4. The van der Waals surface area contributed by atoms with Gasteiger partial charge in [-0.15, -0.1) is 0 Å². The molecule has 1 atom stereocenters. The third-order valence-corrected chi connectivity index (χ3v) is 5.47. The molecule has 144 valence electrons. The van der Waals surface area contributed by atoms with E-state index < -0.39 is 0 Å². The van der Waals surface area contributed by atoms with Gasteiger partial charge in [-0.25, -0.2) is 0 Å². The number of carbonyl (C=O) groups is 2. The molecule has 3 rings (SSSR count). The van der Waals surface area contributed by atoms with Crippen molar-refractivity contribution in [1.29, 1.82) is 0 Å². The molecule has 2 aliphatic heterocycles. The number of hydrogen-bond acceptors (Lipinski definition) is 5. The Hall–Kier alpha value is -1.89. The van der Waals surface area contributed by atoms with Crippen LogP contribution in [0.25, 0.3) is 0 Å². The molecule has 0 saturated carbocycles. The second kappa shape index (κ2) is 8.66. The van der Waals surface area contributed by atoms with Crippen LogP contribution in [0.1, 0.15) is 49.1 Å². The van der Waals surface area contributed by atoms with Gasteiger partial charge in [-0.1, -0.05) is 5.16 Å². The smallest absolute Gasteiger partial charge is 0.251 e. The lowest BCUT2D eigenvalue weighted by atomic mass is 9.95. The maximum Gasteiger partial charge on any atom is 0.251 e. The van der Waals surface area contributed by atoms with Crippen molar-refractivity contribution in [1.82, 2.24) is 15.4 Å². The Balaban J connectivity index is 1.35. The maximum absolute atomic E-state index is 12.4. The minimum absolute atomic E-state index is 0.00242.